The summed E-state index contributed by atoms with van der Waals surface area (Å²) in [6.45, 7) is 2.38. The third kappa shape index (κ3) is 3.67. The third-order valence-corrected chi connectivity index (χ3v) is 4.82. The van der Waals surface area contributed by atoms with Crippen molar-refractivity contribution in [3.05, 3.63) is 64.6 Å². The smallest absolute Gasteiger partial charge is 0.227 e. The highest BCUT2D eigenvalue weighted by Crippen LogP contribution is 2.27. The van der Waals surface area contributed by atoms with E-state index in [9.17, 15) is 9.59 Å². The highest BCUT2D eigenvalue weighted by Gasteiger charge is 2.35. The number of benzene rings is 2. The van der Waals surface area contributed by atoms with Crippen LogP contribution in [-0.2, 0) is 9.59 Å². The van der Waals surface area contributed by atoms with Crippen LogP contribution in [0.3, 0.4) is 0 Å². The van der Waals surface area contributed by atoms with Crippen LogP contribution in [0.15, 0.2) is 59.1 Å². The minimum Gasteiger partial charge on any atom is -0.349 e. The molecule has 1 N–H and O–H groups in total. The van der Waals surface area contributed by atoms with Crippen molar-refractivity contribution in [3.63, 3.8) is 0 Å². The summed E-state index contributed by atoms with van der Waals surface area (Å²) in [5.41, 5.74) is 1.88. The monoisotopic (exact) mass is 386 g/mol. The van der Waals surface area contributed by atoms with Gasteiger partial charge in [0.1, 0.15) is 0 Å². The zero-order chi connectivity index (χ0) is 17.1. The Kier molecular flexibility index (Phi) is 5.00. The van der Waals surface area contributed by atoms with Crippen LogP contribution in [-0.4, -0.2) is 18.4 Å². The second kappa shape index (κ2) is 7.18. The molecule has 0 bridgehead atoms. The Bertz CT molecular complexity index is 731. The van der Waals surface area contributed by atoms with Crippen molar-refractivity contribution in [1.29, 1.82) is 0 Å². The van der Waals surface area contributed by atoms with Gasteiger partial charge in [-0.3, -0.25) is 9.59 Å². The molecule has 4 nitrogen and oxygen atoms in total. The second-order valence-electron chi connectivity index (χ2n) is 6.02. The van der Waals surface area contributed by atoms with Gasteiger partial charge >= 0.3 is 0 Å². The van der Waals surface area contributed by atoms with E-state index >= 15 is 0 Å². The van der Waals surface area contributed by atoms with Gasteiger partial charge in [-0.25, -0.2) is 0 Å². The number of carbonyl (C=O) groups is 2. The SMILES string of the molecule is C[C@H](NC(=O)[C@H]1CC(=O)N(c2ccc(Br)cc2)C1)c1ccccc1. The fourth-order valence-corrected chi connectivity index (χ4v) is 3.17. The van der Waals surface area contributed by atoms with E-state index in [4.69, 9.17) is 0 Å². The van der Waals surface area contributed by atoms with Crippen LogP contribution in [0.5, 0.6) is 0 Å². The van der Waals surface area contributed by atoms with Crippen molar-refractivity contribution in [2.45, 2.75) is 19.4 Å². The van der Waals surface area contributed by atoms with Crippen molar-refractivity contribution in [2.75, 3.05) is 11.4 Å². The molecule has 5 heteroatoms. The number of nitrogens with one attached hydrogen (secondary N) is 1. The first kappa shape index (κ1) is 16.7. The molecule has 2 aromatic carbocycles. The molecule has 1 heterocycles. The standard InChI is InChI=1S/C19H19BrN2O2/c1-13(14-5-3-2-4-6-14)21-19(24)15-11-18(23)22(12-15)17-9-7-16(20)8-10-17/h2-10,13,15H,11-12H2,1H3,(H,21,24)/t13-,15-/m0/s1. The number of anilines is 1. The van der Waals surface area contributed by atoms with Crippen molar-refractivity contribution < 1.29 is 9.59 Å². The van der Waals surface area contributed by atoms with Crippen LogP contribution in [0.1, 0.15) is 24.9 Å². The number of carbonyl (C=O) groups excluding carboxylic acids is 2. The van der Waals surface area contributed by atoms with E-state index < -0.39 is 0 Å². The van der Waals surface area contributed by atoms with Gasteiger partial charge < -0.3 is 10.2 Å². The van der Waals surface area contributed by atoms with Crippen LogP contribution in [0.2, 0.25) is 0 Å². The molecule has 1 aliphatic rings. The number of hydrogen-bond donors (Lipinski definition) is 1. The van der Waals surface area contributed by atoms with Gasteiger partial charge in [0.15, 0.2) is 0 Å². The van der Waals surface area contributed by atoms with Gasteiger partial charge in [0.25, 0.3) is 0 Å². The third-order valence-electron chi connectivity index (χ3n) is 4.29. The Hall–Kier alpha value is -2.14. The molecular weight excluding hydrogens is 368 g/mol. The highest BCUT2D eigenvalue weighted by molar-refractivity contribution is 9.10. The maximum absolute atomic E-state index is 12.5. The Labute approximate surface area is 150 Å². The molecule has 124 valence electrons. The number of nitrogens with zero attached hydrogens (tertiary/aromatic N) is 1. The molecule has 0 radical (unpaired) electrons. The predicted molar refractivity (Wildman–Crippen MR) is 97.6 cm³/mol. The van der Waals surface area contributed by atoms with Gasteiger partial charge in [0.2, 0.25) is 11.8 Å². The summed E-state index contributed by atoms with van der Waals surface area (Å²) in [5.74, 6) is -0.392. The van der Waals surface area contributed by atoms with Crippen LogP contribution in [0.4, 0.5) is 5.69 Å². The molecule has 2 atom stereocenters. The van der Waals surface area contributed by atoms with Gasteiger partial charge in [-0.05, 0) is 36.8 Å². The van der Waals surface area contributed by atoms with Gasteiger partial charge in [0.05, 0.1) is 12.0 Å². The van der Waals surface area contributed by atoms with Gasteiger partial charge in [0, 0.05) is 23.1 Å². The van der Waals surface area contributed by atoms with E-state index in [0.717, 1.165) is 15.7 Å². The number of halogens is 1. The Balaban J connectivity index is 1.64. The zero-order valence-corrected chi connectivity index (χ0v) is 15.0. The topological polar surface area (TPSA) is 49.4 Å². The molecule has 0 aliphatic carbocycles. The van der Waals surface area contributed by atoms with Crippen LogP contribution >= 0.6 is 15.9 Å². The molecule has 0 aromatic heterocycles. The lowest BCUT2D eigenvalue weighted by atomic mass is 10.1. The lowest BCUT2D eigenvalue weighted by Crippen LogP contribution is -2.34. The van der Waals surface area contributed by atoms with Crippen LogP contribution in [0, 0.1) is 5.92 Å². The predicted octanol–water partition coefficient (Wildman–Crippen LogP) is 3.68. The van der Waals surface area contributed by atoms with Crippen molar-refractivity contribution in [2.24, 2.45) is 5.92 Å². The zero-order valence-electron chi connectivity index (χ0n) is 13.4. The summed E-state index contributed by atoms with van der Waals surface area (Å²) in [6.07, 6.45) is 0.253. The normalized spacial score (nSPS) is 18.5. The van der Waals surface area contributed by atoms with E-state index in [1.54, 1.807) is 4.90 Å². The van der Waals surface area contributed by atoms with Crippen molar-refractivity contribution in [3.8, 4) is 0 Å². The molecule has 0 unspecified atom stereocenters. The molecule has 1 aliphatic heterocycles. The minimum atomic E-state index is -0.313. The Morgan fingerprint density at radius 1 is 1.17 bits per heavy atom. The fourth-order valence-electron chi connectivity index (χ4n) is 2.91. The number of rotatable bonds is 4. The summed E-state index contributed by atoms with van der Waals surface area (Å²) >= 11 is 3.39. The van der Waals surface area contributed by atoms with Crippen molar-refractivity contribution in [1.82, 2.24) is 5.32 Å². The first-order chi connectivity index (χ1) is 11.5. The molecule has 24 heavy (non-hydrogen) atoms. The van der Waals surface area contributed by atoms with Crippen LogP contribution in [0.25, 0.3) is 0 Å². The van der Waals surface area contributed by atoms with E-state index in [0.29, 0.717) is 6.54 Å². The first-order valence-electron chi connectivity index (χ1n) is 7.96. The van der Waals surface area contributed by atoms with E-state index in [-0.39, 0.29) is 30.2 Å². The molecule has 0 saturated carbocycles. The Morgan fingerprint density at radius 2 is 1.83 bits per heavy atom. The van der Waals surface area contributed by atoms with Crippen LogP contribution < -0.4 is 10.2 Å². The van der Waals surface area contributed by atoms with E-state index in [1.807, 2.05) is 61.5 Å². The highest BCUT2D eigenvalue weighted by atomic mass is 79.9. The van der Waals surface area contributed by atoms with Gasteiger partial charge in [-0.1, -0.05) is 46.3 Å². The molecule has 2 aromatic rings. The number of hydrogen-bond acceptors (Lipinski definition) is 2. The summed E-state index contributed by atoms with van der Waals surface area (Å²) < 4.78 is 0.962. The summed E-state index contributed by atoms with van der Waals surface area (Å²) in [7, 11) is 0. The average Bonchev–Trinajstić information content (AvgIpc) is 2.98. The summed E-state index contributed by atoms with van der Waals surface area (Å²) in [4.78, 5) is 26.5. The second-order valence-corrected chi connectivity index (χ2v) is 6.94. The maximum atomic E-state index is 12.5. The van der Waals surface area contributed by atoms with Gasteiger partial charge in [-0.15, -0.1) is 0 Å². The van der Waals surface area contributed by atoms with E-state index in [2.05, 4.69) is 21.2 Å². The number of amides is 2. The molecule has 1 fully saturated rings. The lowest BCUT2D eigenvalue weighted by Gasteiger charge is -2.19. The average molecular weight is 387 g/mol. The largest absolute Gasteiger partial charge is 0.349 e. The first-order valence-corrected chi connectivity index (χ1v) is 8.75. The van der Waals surface area contributed by atoms with Crippen molar-refractivity contribution >= 4 is 33.4 Å². The minimum absolute atomic E-state index is 0.00941. The van der Waals surface area contributed by atoms with Gasteiger partial charge in [-0.2, -0.15) is 0 Å². The van der Waals surface area contributed by atoms with E-state index in [1.165, 1.54) is 0 Å². The fraction of sp³-hybridized carbons (Fsp3) is 0.263. The maximum Gasteiger partial charge on any atom is 0.227 e. The lowest BCUT2D eigenvalue weighted by molar-refractivity contribution is -0.126. The molecule has 3 rings (SSSR count). The molecule has 1 saturated heterocycles. The molecule has 0 spiro atoms. The molecular formula is C19H19BrN2O2. The summed E-state index contributed by atoms with van der Waals surface area (Å²) in [5, 5.41) is 3.01. The molecule has 2 amide bonds. The quantitative estimate of drug-likeness (QED) is 0.870. The summed E-state index contributed by atoms with van der Waals surface area (Å²) in [6, 6.07) is 17.3. The Morgan fingerprint density at radius 3 is 2.50 bits per heavy atom.